The third-order valence-corrected chi connectivity index (χ3v) is 8.24. The van der Waals surface area contributed by atoms with E-state index in [1.807, 2.05) is 30.5 Å². The highest BCUT2D eigenvalue weighted by molar-refractivity contribution is 7.89. The second-order valence-corrected chi connectivity index (χ2v) is 11.7. The first-order chi connectivity index (χ1) is 18.5. The van der Waals surface area contributed by atoms with E-state index in [1.54, 1.807) is 13.8 Å². The fourth-order valence-electron chi connectivity index (χ4n) is 4.38. The van der Waals surface area contributed by atoms with E-state index >= 15 is 0 Å². The van der Waals surface area contributed by atoms with Crippen LogP contribution in [0.25, 0.3) is 10.9 Å². The average Bonchev–Trinajstić information content (AvgIpc) is 3.31. The summed E-state index contributed by atoms with van der Waals surface area (Å²) in [7, 11) is -4.23. The molecule has 3 aromatic rings. The van der Waals surface area contributed by atoms with E-state index in [-0.39, 0.29) is 35.4 Å². The van der Waals surface area contributed by atoms with E-state index in [9.17, 15) is 33.2 Å². The van der Waals surface area contributed by atoms with Crippen molar-refractivity contribution >= 4 is 38.5 Å². The minimum absolute atomic E-state index is 0.0269. The van der Waals surface area contributed by atoms with Crippen LogP contribution in [0.15, 0.2) is 59.6 Å². The molecule has 0 aliphatic carbocycles. The zero-order valence-corrected chi connectivity index (χ0v) is 22.8. The number of aromatic nitrogens is 1. The number of nitrogens with zero attached hydrogens (tertiary/aromatic N) is 2. The van der Waals surface area contributed by atoms with Gasteiger partial charge < -0.3 is 15.4 Å². The minimum Gasteiger partial charge on any atom is -0.480 e. The van der Waals surface area contributed by atoms with Crippen molar-refractivity contribution in [3.05, 3.63) is 70.4 Å². The molecule has 1 aromatic heterocycles. The summed E-state index contributed by atoms with van der Waals surface area (Å²) in [5.41, 5.74) is 1.81. The maximum absolute atomic E-state index is 13.4. The molecule has 3 N–H and O–H groups in total. The summed E-state index contributed by atoms with van der Waals surface area (Å²) >= 11 is 0. The number of nitro groups is 1. The molecule has 39 heavy (non-hydrogen) atoms. The van der Waals surface area contributed by atoms with Gasteiger partial charge in [-0.25, -0.2) is 8.42 Å². The number of benzene rings is 2. The molecule has 0 saturated carbocycles. The molecule has 0 aliphatic rings. The van der Waals surface area contributed by atoms with E-state index < -0.39 is 27.0 Å². The Morgan fingerprint density at radius 3 is 2.44 bits per heavy atom. The van der Waals surface area contributed by atoms with Crippen LogP contribution in [0.4, 0.5) is 5.69 Å². The molecule has 1 atom stereocenters. The number of H-pyrrole nitrogens is 1. The van der Waals surface area contributed by atoms with Gasteiger partial charge in [0.05, 0.1) is 9.82 Å². The molecule has 3 rings (SSSR count). The smallest absolute Gasteiger partial charge is 0.322 e. The number of nitro benzene ring substituents is 1. The monoisotopic (exact) mass is 558 g/mol. The van der Waals surface area contributed by atoms with Gasteiger partial charge in [0.1, 0.15) is 6.04 Å². The number of aromatic amines is 1. The van der Waals surface area contributed by atoms with Gasteiger partial charge in [0.2, 0.25) is 15.9 Å². The lowest BCUT2D eigenvalue weighted by atomic mass is 10.1. The number of carboxylic acids is 1. The van der Waals surface area contributed by atoms with Crippen molar-refractivity contribution in [2.75, 3.05) is 13.1 Å². The van der Waals surface area contributed by atoms with Crippen LogP contribution in [0.3, 0.4) is 0 Å². The predicted octanol–water partition coefficient (Wildman–Crippen LogP) is 4.10. The molecule has 0 unspecified atom stereocenters. The molecule has 0 bridgehead atoms. The molecular weight excluding hydrogens is 524 g/mol. The summed E-state index contributed by atoms with van der Waals surface area (Å²) in [5, 5.41) is 24.8. The van der Waals surface area contributed by atoms with E-state index in [2.05, 4.69) is 10.3 Å². The Labute approximate surface area is 227 Å². The van der Waals surface area contributed by atoms with Crippen LogP contribution in [0.2, 0.25) is 0 Å². The third kappa shape index (κ3) is 7.87. The average molecular weight is 559 g/mol. The van der Waals surface area contributed by atoms with Gasteiger partial charge in [-0.15, -0.1) is 0 Å². The van der Waals surface area contributed by atoms with Crippen molar-refractivity contribution in [2.45, 2.75) is 56.9 Å². The Morgan fingerprint density at radius 1 is 1.10 bits per heavy atom. The molecular formula is C27H34N4O7S. The Kier molecular flexibility index (Phi) is 10.2. The number of carboxylic acid groups (broad SMARTS) is 1. The van der Waals surface area contributed by atoms with Crippen LogP contribution < -0.4 is 5.32 Å². The first kappa shape index (κ1) is 29.8. The largest absolute Gasteiger partial charge is 0.480 e. The van der Waals surface area contributed by atoms with Crippen LogP contribution in [-0.4, -0.2) is 58.7 Å². The molecule has 0 spiro atoms. The zero-order valence-electron chi connectivity index (χ0n) is 22.0. The standard InChI is InChI=1S/C27H34N4O7S/c1-19(2)18-30(39(37,38)22-13-11-21(12-14-22)31(35)36)25(27(33)34)9-5-6-16-28-26(32)15-10-20-17-29-24-8-4-3-7-23(20)24/h3-4,7-8,11-14,17,19,25,29H,5-6,9-10,15-16,18H2,1-2H3,(H,28,32)(H,33,34)/t25-/m1/s1. The second kappa shape index (κ2) is 13.3. The Bertz CT molecular complexity index is 1400. The number of sulfonamides is 1. The quantitative estimate of drug-likeness (QED) is 0.144. The first-order valence-electron chi connectivity index (χ1n) is 12.8. The van der Waals surface area contributed by atoms with Crippen LogP contribution in [0.5, 0.6) is 0 Å². The maximum atomic E-state index is 13.4. The van der Waals surface area contributed by atoms with Gasteiger partial charge in [-0.2, -0.15) is 4.31 Å². The van der Waals surface area contributed by atoms with Crippen molar-refractivity contribution in [1.29, 1.82) is 0 Å². The van der Waals surface area contributed by atoms with Gasteiger partial charge in [-0.1, -0.05) is 32.0 Å². The summed E-state index contributed by atoms with van der Waals surface area (Å²) in [6, 6.07) is 10.9. The normalized spacial score (nSPS) is 12.6. The fraction of sp³-hybridized carbons (Fsp3) is 0.407. The number of carbonyl (C=O) groups is 2. The van der Waals surface area contributed by atoms with Crippen molar-refractivity contribution in [3.8, 4) is 0 Å². The van der Waals surface area contributed by atoms with E-state index in [4.69, 9.17) is 0 Å². The number of rotatable bonds is 15. The summed E-state index contributed by atoms with van der Waals surface area (Å²) in [6.45, 7) is 3.88. The summed E-state index contributed by atoms with van der Waals surface area (Å²) in [6.07, 6.45) is 3.72. The topological polar surface area (TPSA) is 163 Å². The van der Waals surface area contributed by atoms with Gasteiger partial charge >= 0.3 is 5.97 Å². The number of non-ortho nitro benzene ring substituents is 1. The number of unbranched alkanes of at least 4 members (excludes halogenated alkanes) is 1. The Balaban J connectivity index is 1.55. The fourth-order valence-corrected chi connectivity index (χ4v) is 6.16. The highest BCUT2D eigenvalue weighted by Crippen LogP contribution is 2.25. The molecule has 0 radical (unpaired) electrons. The Hall–Kier alpha value is -3.77. The lowest BCUT2D eigenvalue weighted by Crippen LogP contribution is -2.46. The SMILES string of the molecule is CC(C)CN([C@H](CCCCNC(=O)CCc1c[nH]c2ccccc12)C(=O)O)S(=O)(=O)c1ccc([N+](=O)[O-])cc1. The van der Waals surface area contributed by atoms with Crippen molar-refractivity contribution in [2.24, 2.45) is 5.92 Å². The number of aryl methyl sites for hydroxylation is 1. The Morgan fingerprint density at radius 2 is 1.79 bits per heavy atom. The van der Waals surface area contributed by atoms with Crippen molar-refractivity contribution in [3.63, 3.8) is 0 Å². The van der Waals surface area contributed by atoms with Gasteiger partial charge in [0, 0.05) is 48.7 Å². The maximum Gasteiger partial charge on any atom is 0.322 e. The lowest BCUT2D eigenvalue weighted by Gasteiger charge is -2.29. The van der Waals surface area contributed by atoms with Crippen LogP contribution >= 0.6 is 0 Å². The molecule has 12 heteroatoms. The molecule has 1 heterocycles. The van der Waals surface area contributed by atoms with Gasteiger partial charge in [0.15, 0.2) is 0 Å². The van der Waals surface area contributed by atoms with E-state index in [1.165, 1.54) is 0 Å². The highest BCUT2D eigenvalue weighted by Gasteiger charge is 2.36. The lowest BCUT2D eigenvalue weighted by molar-refractivity contribution is -0.384. The van der Waals surface area contributed by atoms with Gasteiger partial charge in [0.25, 0.3) is 5.69 Å². The predicted molar refractivity (Wildman–Crippen MR) is 147 cm³/mol. The second-order valence-electron chi connectivity index (χ2n) is 9.78. The number of fused-ring (bicyclic) bond motifs is 1. The number of aliphatic carboxylic acids is 1. The van der Waals surface area contributed by atoms with Gasteiger partial charge in [-0.05, 0) is 55.4 Å². The molecule has 0 aliphatic heterocycles. The molecule has 0 fully saturated rings. The van der Waals surface area contributed by atoms with Crippen LogP contribution in [-0.2, 0) is 26.0 Å². The van der Waals surface area contributed by atoms with Crippen LogP contribution in [0, 0.1) is 16.0 Å². The number of amides is 1. The summed E-state index contributed by atoms with van der Waals surface area (Å²) in [4.78, 5) is 37.7. The number of hydrogen-bond acceptors (Lipinski definition) is 6. The number of nitrogens with one attached hydrogen (secondary N) is 2. The summed E-state index contributed by atoms with van der Waals surface area (Å²) in [5.74, 6) is -1.54. The molecule has 11 nitrogen and oxygen atoms in total. The molecule has 0 saturated heterocycles. The van der Waals surface area contributed by atoms with E-state index in [0.717, 1.165) is 45.0 Å². The van der Waals surface area contributed by atoms with E-state index in [0.29, 0.717) is 32.2 Å². The molecule has 2 aromatic carbocycles. The van der Waals surface area contributed by atoms with Gasteiger partial charge in [-0.3, -0.25) is 19.7 Å². The zero-order chi connectivity index (χ0) is 28.6. The van der Waals surface area contributed by atoms with Crippen LogP contribution in [0.1, 0.15) is 45.1 Å². The number of hydrogen-bond donors (Lipinski definition) is 3. The van der Waals surface area contributed by atoms with Crippen molar-refractivity contribution in [1.82, 2.24) is 14.6 Å². The number of para-hydroxylation sites is 1. The highest BCUT2D eigenvalue weighted by atomic mass is 32.2. The van der Waals surface area contributed by atoms with Crippen molar-refractivity contribution < 1.29 is 28.0 Å². The molecule has 1 amide bonds. The third-order valence-electron chi connectivity index (χ3n) is 6.35. The minimum atomic E-state index is -4.23. The first-order valence-corrected chi connectivity index (χ1v) is 14.3. The summed E-state index contributed by atoms with van der Waals surface area (Å²) < 4.78 is 27.7. The molecule has 210 valence electrons. The number of carbonyl (C=O) groups excluding carboxylic acids is 1.